The van der Waals surface area contributed by atoms with Gasteiger partial charge in [0.05, 0.1) is 5.02 Å². The first-order chi connectivity index (χ1) is 8.89. The third-order valence-corrected chi connectivity index (χ3v) is 3.36. The predicted octanol–water partition coefficient (Wildman–Crippen LogP) is 4.16. The van der Waals surface area contributed by atoms with Gasteiger partial charge in [-0.3, -0.25) is 0 Å². The van der Waals surface area contributed by atoms with Crippen LogP contribution in [0.1, 0.15) is 24.0 Å². The van der Waals surface area contributed by atoms with Crippen molar-refractivity contribution in [3.05, 3.63) is 77.4 Å². The third kappa shape index (κ3) is 3.14. The van der Waals surface area contributed by atoms with E-state index in [2.05, 4.69) is 6.92 Å². The molecule has 0 aliphatic carbocycles. The Hall–Kier alpha value is -1.38. The fourth-order valence-corrected chi connectivity index (χ4v) is 2.48. The van der Waals surface area contributed by atoms with Crippen LogP contribution < -0.4 is 5.73 Å². The molecule has 2 N–H and O–H groups in total. The molecule has 3 heteroatoms. The van der Waals surface area contributed by atoms with E-state index in [0.717, 1.165) is 11.1 Å². The molecule has 99 valence electrons. The van der Waals surface area contributed by atoms with Gasteiger partial charge in [-0.05, 0) is 37.1 Å². The molecule has 1 nitrogen and oxygen atoms in total. The minimum absolute atomic E-state index is 0.0997. The summed E-state index contributed by atoms with van der Waals surface area (Å²) in [5.41, 5.74) is 7.36. The summed E-state index contributed by atoms with van der Waals surface area (Å²) in [6, 6.07) is 14.5. The first kappa shape index (κ1) is 14.0. The van der Waals surface area contributed by atoms with E-state index in [1.54, 1.807) is 12.1 Å². The molecule has 1 radical (unpaired) electrons. The van der Waals surface area contributed by atoms with Gasteiger partial charge in [-0.1, -0.05) is 48.0 Å². The van der Waals surface area contributed by atoms with Crippen LogP contribution in [0, 0.1) is 12.7 Å². The molecule has 2 rings (SSSR count). The molecule has 2 atom stereocenters. The molecule has 0 saturated heterocycles. The molecule has 0 saturated carbocycles. The summed E-state index contributed by atoms with van der Waals surface area (Å²) < 4.78 is 13.3. The SMILES string of the molecule is [CH2]C(C)(N)C(c1ccccc1)c1ccc(F)c(Cl)c1. The van der Waals surface area contributed by atoms with Crippen molar-refractivity contribution < 1.29 is 4.39 Å². The minimum Gasteiger partial charge on any atom is -0.324 e. The smallest absolute Gasteiger partial charge is 0.141 e. The molecular formula is C16H16ClFN. The van der Waals surface area contributed by atoms with E-state index < -0.39 is 11.4 Å². The van der Waals surface area contributed by atoms with Crippen LogP contribution in [-0.4, -0.2) is 5.54 Å². The molecule has 0 heterocycles. The maximum Gasteiger partial charge on any atom is 0.141 e. The first-order valence-corrected chi connectivity index (χ1v) is 6.41. The Labute approximate surface area is 118 Å². The number of rotatable bonds is 3. The number of benzene rings is 2. The summed E-state index contributed by atoms with van der Waals surface area (Å²) in [4.78, 5) is 0. The molecule has 0 fully saturated rings. The fourth-order valence-electron chi connectivity index (χ4n) is 2.29. The highest BCUT2D eigenvalue weighted by Crippen LogP contribution is 2.34. The van der Waals surface area contributed by atoms with Gasteiger partial charge in [-0.15, -0.1) is 0 Å². The Balaban J connectivity index is 2.53. The molecule has 0 aliphatic rings. The summed E-state index contributed by atoms with van der Waals surface area (Å²) in [5.74, 6) is -0.577. The average molecular weight is 277 g/mol. The highest BCUT2D eigenvalue weighted by molar-refractivity contribution is 6.30. The van der Waals surface area contributed by atoms with Gasteiger partial charge < -0.3 is 5.73 Å². The van der Waals surface area contributed by atoms with E-state index in [1.807, 2.05) is 37.3 Å². The topological polar surface area (TPSA) is 26.0 Å². The molecular weight excluding hydrogens is 261 g/mol. The van der Waals surface area contributed by atoms with Gasteiger partial charge >= 0.3 is 0 Å². The summed E-state index contributed by atoms with van der Waals surface area (Å²) in [7, 11) is 0. The number of nitrogens with two attached hydrogens (primary N) is 1. The average Bonchev–Trinajstić information content (AvgIpc) is 2.34. The van der Waals surface area contributed by atoms with E-state index in [9.17, 15) is 4.39 Å². The molecule has 0 spiro atoms. The van der Waals surface area contributed by atoms with Crippen LogP contribution in [0.25, 0.3) is 0 Å². The van der Waals surface area contributed by atoms with Crippen LogP contribution in [0.4, 0.5) is 4.39 Å². The van der Waals surface area contributed by atoms with Gasteiger partial charge in [-0.2, -0.15) is 0 Å². The third-order valence-electron chi connectivity index (χ3n) is 3.07. The van der Waals surface area contributed by atoms with Crippen molar-refractivity contribution in [1.82, 2.24) is 0 Å². The summed E-state index contributed by atoms with van der Waals surface area (Å²) in [6.45, 7) is 5.87. The summed E-state index contributed by atoms with van der Waals surface area (Å²) in [5, 5.41) is 0.0997. The van der Waals surface area contributed by atoms with Crippen LogP contribution in [0.2, 0.25) is 5.02 Å². The van der Waals surface area contributed by atoms with Crippen LogP contribution in [-0.2, 0) is 0 Å². The van der Waals surface area contributed by atoms with Crippen LogP contribution in [0.5, 0.6) is 0 Å². The van der Waals surface area contributed by atoms with E-state index >= 15 is 0 Å². The van der Waals surface area contributed by atoms with Crippen molar-refractivity contribution in [2.24, 2.45) is 5.73 Å². The molecule has 2 aromatic rings. The largest absolute Gasteiger partial charge is 0.324 e. The molecule has 19 heavy (non-hydrogen) atoms. The molecule has 0 bridgehead atoms. The molecule has 2 aromatic carbocycles. The highest BCUT2D eigenvalue weighted by Gasteiger charge is 2.28. The van der Waals surface area contributed by atoms with Crippen molar-refractivity contribution in [3.63, 3.8) is 0 Å². The van der Waals surface area contributed by atoms with Crippen molar-refractivity contribution in [2.45, 2.75) is 18.4 Å². The Morgan fingerprint density at radius 2 is 1.79 bits per heavy atom. The number of halogens is 2. The van der Waals surface area contributed by atoms with Gasteiger partial charge in [0, 0.05) is 11.5 Å². The zero-order valence-electron chi connectivity index (χ0n) is 10.7. The standard InChI is InChI=1S/C16H16ClFN/c1-16(2,19)15(11-6-4-3-5-7-11)12-8-9-14(18)13(17)10-12/h3-10,15H,1,19H2,2H3. The van der Waals surface area contributed by atoms with E-state index in [4.69, 9.17) is 17.3 Å². The molecule has 0 aromatic heterocycles. The van der Waals surface area contributed by atoms with Gasteiger partial charge in [0.2, 0.25) is 0 Å². The first-order valence-electron chi connectivity index (χ1n) is 6.03. The lowest BCUT2D eigenvalue weighted by atomic mass is 9.78. The monoisotopic (exact) mass is 276 g/mol. The van der Waals surface area contributed by atoms with Gasteiger partial charge in [0.15, 0.2) is 0 Å². The van der Waals surface area contributed by atoms with Gasteiger partial charge in [0.1, 0.15) is 5.82 Å². The van der Waals surface area contributed by atoms with E-state index in [0.29, 0.717) is 0 Å². The lowest BCUT2D eigenvalue weighted by molar-refractivity contribution is 0.507. The Morgan fingerprint density at radius 3 is 2.32 bits per heavy atom. The molecule has 0 amide bonds. The predicted molar refractivity (Wildman–Crippen MR) is 77.6 cm³/mol. The molecule has 0 aliphatic heterocycles. The van der Waals surface area contributed by atoms with Crippen LogP contribution >= 0.6 is 11.6 Å². The maximum atomic E-state index is 13.3. The highest BCUT2D eigenvalue weighted by atomic mass is 35.5. The maximum absolute atomic E-state index is 13.3. The quantitative estimate of drug-likeness (QED) is 0.895. The van der Waals surface area contributed by atoms with Gasteiger partial charge in [-0.25, -0.2) is 4.39 Å². The van der Waals surface area contributed by atoms with Crippen LogP contribution in [0.15, 0.2) is 48.5 Å². The van der Waals surface area contributed by atoms with Crippen molar-refractivity contribution in [1.29, 1.82) is 0 Å². The Bertz CT molecular complexity index is 561. The second-order valence-electron chi connectivity index (χ2n) is 5.02. The summed E-state index contributed by atoms with van der Waals surface area (Å²) >= 11 is 5.86. The second-order valence-corrected chi connectivity index (χ2v) is 5.43. The Morgan fingerprint density at radius 1 is 1.16 bits per heavy atom. The summed E-state index contributed by atoms with van der Waals surface area (Å²) in [6.07, 6.45) is 0. The lowest BCUT2D eigenvalue weighted by Gasteiger charge is -2.31. The zero-order chi connectivity index (χ0) is 14.0. The van der Waals surface area contributed by atoms with Crippen LogP contribution in [0.3, 0.4) is 0 Å². The second kappa shape index (κ2) is 5.32. The lowest BCUT2D eigenvalue weighted by Crippen LogP contribution is -2.40. The van der Waals surface area contributed by atoms with Crippen molar-refractivity contribution >= 4 is 11.6 Å². The van der Waals surface area contributed by atoms with E-state index in [1.165, 1.54) is 6.07 Å². The zero-order valence-corrected chi connectivity index (χ0v) is 11.5. The van der Waals surface area contributed by atoms with Crippen molar-refractivity contribution in [3.8, 4) is 0 Å². The Kier molecular flexibility index (Phi) is 3.93. The molecule has 2 unspecified atom stereocenters. The normalized spacial score (nSPS) is 13.3. The van der Waals surface area contributed by atoms with Gasteiger partial charge in [0.25, 0.3) is 0 Å². The van der Waals surface area contributed by atoms with Crippen molar-refractivity contribution in [2.75, 3.05) is 0 Å². The number of hydrogen-bond acceptors (Lipinski definition) is 1. The van der Waals surface area contributed by atoms with E-state index in [-0.39, 0.29) is 10.9 Å². The fraction of sp³-hybridized carbons (Fsp3) is 0.188. The minimum atomic E-state index is -0.720. The number of hydrogen-bond donors (Lipinski definition) is 1.